The van der Waals surface area contributed by atoms with Gasteiger partial charge in [0, 0.05) is 6.04 Å². The van der Waals surface area contributed by atoms with Crippen LogP contribution in [-0.4, -0.2) is 43.8 Å². The van der Waals surface area contributed by atoms with Crippen LogP contribution in [-0.2, 0) is 26.2 Å². The molecule has 0 saturated heterocycles. The summed E-state index contributed by atoms with van der Waals surface area (Å²) in [6, 6.07) is 10.6. The van der Waals surface area contributed by atoms with Gasteiger partial charge in [0.15, 0.2) is 0 Å². The minimum Gasteiger partial charge on any atom is -0.467 e. The van der Waals surface area contributed by atoms with Crippen LogP contribution >= 0.6 is 0 Å². The van der Waals surface area contributed by atoms with E-state index in [9.17, 15) is 18.0 Å². The fourth-order valence-electron chi connectivity index (χ4n) is 4.19. The first kappa shape index (κ1) is 25.0. The Hall–Kier alpha value is -2.65. The molecule has 0 bridgehead atoms. The third-order valence-corrected chi connectivity index (χ3v) is 7.30. The molecular formula is C24H33N3O5S. The molecule has 0 aliphatic heterocycles. The van der Waals surface area contributed by atoms with Crippen molar-refractivity contribution in [3.8, 4) is 0 Å². The maximum absolute atomic E-state index is 13.3. The molecule has 3 rings (SSSR count). The summed E-state index contributed by atoms with van der Waals surface area (Å²) in [7, 11) is -3.86. The third-order valence-electron chi connectivity index (χ3n) is 5.88. The second-order valence-electron chi connectivity index (χ2n) is 8.77. The smallest absolute Gasteiger partial charge is 0.243 e. The molecule has 8 nitrogen and oxygen atoms in total. The van der Waals surface area contributed by atoms with Gasteiger partial charge in [-0.05, 0) is 43.0 Å². The van der Waals surface area contributed by atoms with Crippen molar-refractivity contribution in [2.75, 3.05) is 6.54 Å². The molecule has 180 valence electrons. The fourth-order valence-corrected chi connectivity index (χ4v) is 5.19. The molecule has 1 atom stereocenters. The summed E-state index contributed by atoms with van der Waals surface area (Å²) in [4.78, 5) is 28.0. The van der Waals surface area contributed by atoms with Crippen LogP contribution in [0.5, 0.6) is 0 Å². The Morgan fingerprint density at radius 3 is 2.36 bits per heavy atom. The van der Waals surface area contributed by atoms with Crippen LogP contribution in [0.15, 0.2) is 58.0 Å². The first-order valence-electron chi connectivity index (χ1n) is 11.4. The monoisotopic (exact) mass is 475 g/mol. The van der Waals surface area contributed by atoms with E-state index in [-0.39, 0.29) is 29.3 Å². The number of hydrogen-bond donors (Lipinski definition) is 2. The maximum atomic E-state index is 13.3. The van der Waals surface area contributed by atoms with Gasteiger partial charge in [-0.25, -0.2) is 13.1 Å². The van der Waals surface area contributed by atoms with Crippen LogP contribution in [0.25, 0.3) is 0 Å². The predicted octanol–water partition coefficient (Wildman–Crippen LogP) is 3.06. The highest BCUT2D eigenvalue weighted by atomic mass is 32.2. The molecule has 1 heterocycles. The van der Waals surface area contributed by atoms with Gasteiger partial charge < -0.3 is 14.6 Å². The summed E-state index contributed by atoms with van der Waals surface area (Å²) in [6.45, 7) is 3.36. The minimum atomic E-state index is -3.86. The summed E-state index contributed by atoms with van der Waals surface area (Å²) in [6.07, 6.45) is 6.69. The summed E-state index contributed by atoms with van der Waals surface area (Å²) in [5, 5.41) is 3.11. The number of carbonyl (C=O) groups is 2. The molecule has 33 heavy (non-hydrogen) atoms. The molecule has 0 radical (unpaired) electrons. The summed E-state index contributed by atoms with van der Waals surface area (Å²) in [5.74, 6) is -0.380. The number of rotatable bonds is 10. The van der Waals surface area contributed by atoms with Gasteiger partial charge in [0.1, 0.15) is 11.8 Å². The molecule has 1 fully saturated rings. The van der Waals surface area contributed by atoms with Crippen molar-refractivity contribution in [3.05, 3.63) is 54.5 Å². The van der Waals surface area contributed by atoms with Gasteiger partial charge in [-0.2, -0.15) is 0 Å². The average Bonchev–Trinajstić information content (AvgIpc) is 3.31. The number of carbonyl (C=O) groups excluding carboxylic acids is 2. The number of nitrogens with zero attached hydrogens (tertiary/aromatic N) is 1. The van der Waals surface area contributed by atoms with Crippen LogP contribution in [0.4, 0.5) is 0 Å². The first-order chi connectivity index (χ1) is 15.8. The van der Waals surface area contributed by atoms with Gasteiger partial charge >= 0.3 is 0 Å². The highest BCUT2D eigenvalue weighted by Gasteiger charge is 2.34. The van der Waals surface area contributed by atoms with Crippen molar-refractivity contribution in [2.24, 2.45) is 5.92 Å². The second-order valence-corrected chi connectivity index (χ2v) is 10.5. The number of nitrogens with one attached hydrogen (secondary N) is 2. The van der Waals surface area contributed by atoms with E-state index in [2.05, 4.69) is 10.0 Å². The third kappa shape index (κ3) is 6.91. The molecule has 1 aromatic heterocycles. The molecule has 1 aromatic carbocycles. The Balaban J connectivity index is 1.77. The number of amides is 2. The van der Waals surface area contributed by atoms with Gasteiger partial charge in [-0.1, -0.05) is 51.3 Å². The van der Waals surface area contributed by atoms with Crippen LogP contribution < -0.4 is 10.0 Å². The SMILES string of the molecule is CC(C)[C@H](C(=O)NC1CCCCC1)N(Cc1ccco1)C(=O)CNS(=O)(=O)c1ccccc1. The largest absolute Gasteiger partial charge is 0.467 e. The minimum absolute atomic E-state index is 0.0693. The molecule has 9 heteroatoms. The number of sulfonamides is 1. The maximum Gasteiger partial charge on any atom is 0.243 e. The molecule has 1 saturated carbocycles. The molecule has 2 aromatic rings. The van der Waals surface area contributed by atoms with Crippen molar-refractivity contribution in [3.63, 3.8) is 0 Å². The Kier molecular flexibility index (Phi) is 8.68. The lowest BCUT2D eigenvalue weighted by molar-refractivity contribution is -0.142. The zero-order chi connectivity index (χ0) is 23.8. The Bertz CT molecular complexity index is 1000. The highest BCUT2D eigenvalue weighted by molar-refractivity contribution is 7.89. The molecule has 0 unspecified atom stereocenters. The topological polar surface area (TPSA) is 109 Å². The van der Waals surface area contributed by atoms with Crippen LogP contribution in [0.3, 0.4) is 0 Å². The van der Waals surface area contributed by atoms with E-state index in [1.54, 1.807) is 30.3 Å². The lowest BCUT2D eigenvalue weighted by atomic mass is 9.94. The van der Waals surface area contributed by atoms with E-state index in [0.717, 1.165) is 25.7 Å². The van der Waals surface area contributed by atoms with Gasteiger partial charge in [-0.3, -0.25) is 9.59 Å². The fraction of sp³-hybridized carbons (Fsp3) is 0.500. The molecule has 1 aliphatic rings. The van der Waals surface area contributed by atoms with Gasteiger partial charge in [0.2, 0.25) is 21.8 Å². The number of furan rings is 1. The summed E-state index contributed by atoms with van der Waals surface area (Å²) < 4.78 is 33.0. The van der Waals surface area contributed by atoms with Crippen molar-refractivity contribution < 1.29 is 22.4 Å². The van der Waals surface area contributed by atoms with Crippen LogP contribution in [0.2, 0.25) is 0 Å². The van der Waals surface area contributed by atoms with E-state index >= 15 is 0 Å². The second kappa shape index (κ2) is 11.5. The van der Waals surface area contributed by atoms with Gasteiger partial charge in [0.05, 0.1) is 24.2 Å². The van der Waals surface area contributed by atoms with Gasteiger partial charge in [-0.15, -0.1) is 0 Å². The van der Waals surface area contributed by atoms with Crippen LogP contribution in [0, 0.1) is 5.92 Å². The van der Waals surface area contributed by atoms with Gasteiger partial charge in [0.25, 0.3) is 0 Å². The summed E-state index contributed by atoms with van der Waals surface area (Å²) >= 11 is 0. The zero-order valence-electron chi connectivity index (χ0n) is 19.2. The number of hydrogen-bond acceptors (Lipinski definition) is 5. The molecule has 1 aliphatic carbocycles. The van der Waals surface area contributed by atoms with E-state index in [4.69, 9.17) is 4.42 Å². The number of benzene rings is 1. The molecule has 2 amide bonds. The zero-order valence-corrected chi connectivity index (χ0v) is 20.0. The van der Waals surface area contributed by atoms with Crippen LogP contribution in [0.1, 0.15) is 51.7 Å². The van der Waals surface area contributed by atoms with E-state index in [0.29, 0.717) is 5.76 Å². The highest BCUT2D eigenvalue weighted by Crippen LogP contribution is 2.20. The first-order valence-corrected chi connectivity index (χ1v) is 12.9. The average molecular weight is 476 g/mol. The normalized spacial score (nSPS) is 15.8. The van der Waals surface area contributed by atoms with E-state index < -0.39 is 28.5 Å². The quantitative estimate of drug-likeness (QED) is 0.549. The van der Waals surface area contributed by atoms with Crippen molar-refractivity contribution in [2.45, 2.75) is 69.5 Å². The molecular weight excluding hydrogens is 442 g/mol. The Labute approximate surface area is 195 Å². The standard InChI is InChI=1S/C24H33N3O5S/c1-18(2)23(24(29)26-19-10-5-3-6-11-19)27(17-20-12-9-15-32-20)22(28)16-25-33(30,31)21-13-7-4-8-14-21/h4,7-9,12-15,18-19,23,25H,3,5-6,10-11,16-17H2,1-2H3,(H,26,29)/t23-/m1/s1. The Morgan fingerprint density at radius 2 is 1.76 bits per heavy atom. The van der Waals surface area contributed by atoms with Crippen molar-refractivity contribution >= 4 is 21.8 Å². The van der Waals surface area contributed by atoms with E-state index in [1.807, 2.05) is 13.8 Å². The van der Waals surface area contributed by atoms with Crippen molar-refractivity contribution in [1.82, 2.24) is 14.9 Å². The molecule has 2 N–H and O–H groups in total. The lowest BCUT2D eigenvalue weighted by Gasteiger charge is -2.35. The Morgan fingerprint density at radius 1 is 1.06 bits per heavy atom. The van der Waals surface area contributed by atoms with Crippen molar-refractivity contribution in [1.29, 1.82) is 0 Å². The summed E-state index contributed by atoms with van der Waals surface area (Å²) in [5.41, 5.74) is 0. The predicted molar refractivity (Wildman–Crippen MR) is 125 cm³/mol. The lowest BCUT2D eigenvalue weighted by Crippen LogP contribution is -2.55. The molecule has 0 spiro atoms. The van der Waals surface area contributed by atoms with E-state index in [1.165, 1.54) is 29.7 Å².